The van der Waals surface area contributed by atoms with E-state index in [2.05, 4.69) is 29.1 Å². The molecule has 1 aromatic carbocycles. The van der Waals surface area contributed by atoms with Gasteiger partial charge in [0, 0.05) is 24.8 Å². The first-order valence-electron chi connectivity index (χ1n) is 10.9. The molecule has 33 heavy (non-hydrogen) atoms. The van der Waals surface area contributed by atoms with Crippen LogP contribution in [0.2, 0.25) is 0 Å². The van der Waals surface area contributed by atoms with Gasteiger partial charge in [-0.15, -0.1) is 0 Å². The lowest BCUT2D eigenvalue weighted by Gasteiger charge is -2.20. The highest BCUT2D eigenvalue weighted by molar-refractivity contribution is 5.83. The third-order valence-electron chi connectivity index (χ3n) is 6.17. The smallest absolute Gasteiger partial charge is 0.335 e. The fraction of sp³-hybridized carbons (Fsp3) is 0.478. The molecule has 10 nitrogen and oxygen atoms in total. The monoisotopic (exact) mass is 459 g/mol. The van der Waals surface area contributed by atoms with Crippen molar-refractivity contribution in [2.24, 2.45) is 5.92 Å². The summed E-state index contributed by atoms with van der Waals surface area (Å²) < 4.78 is 1.44. The Morgan fingerprint density at radius 2 is 1.73 bits per heavy atom. The van der Waals surface area contributed by atoms with Crippen LogP contribution in [0.1, 0.15) is 37.7 Å². The molecule has 2 heterocycles. The first-order chi connectivity index (χ1) is 15.7. The first kappa shape index (κ1) is 24.6. The summed E-state index contributed by atoms with van der Waals surface area (Å²) in [6, 6.07) is 12.3. The first-order valence-corrected chi connectivity index (χ1v) is 10.9. The molecule has 1 aromatic heterocycles. The van der Waals surface area contributed by atoms with Gasteiger partial charge in [0.2, 0.25) is 0 Å². The third-order valence-corrected chi connectivity index (χ3v) is 6.17. The Hall–Kier alpha value is -3.08. The lowest BCUT2D eigenvalue weighted by molar-refractivity contribution is -0.165. The molecule has 1 saturated heterocycles. The summed E-state index contributed by atoms with van der Waals surface area (Å²) in [5, 5.41) is 36.7. The molecular weight excluding hydrogens is 430 g/mol. The van der Waals surface area contributed by atoms with Gasteiger partial charge in [-0.25, -0.2) is 9.59 Å². The van der Waals surface area contributed by atoms with Crippen molar-refractivity contribution >= 4 is 11.9 Å². The van der Waals surface area contributed by atoms with E-state index in [0.717, 1.165) is 17.6 Å². The summed E-state index contributed by atoms with van der Waals surface area (Å²) in [6.45, 7) is 4.86. The Morgan fingerprint density at radius 1 is 1.09 bits per heavy atom. The molecule has 0 radical (unpaired) electrons. The number of aliphatic carboxylic acids is 2. The predicted octanol–water partition coefficient (Wildman–Crippen LogP) is 0.698. The van der Waals surface area contributed by atoms with Crippen LogP contribution in [-0.4, -0.2) is 78.4 Å². The summed E-state index contributed by atoms with van der Waals surface area (Å²) >= 11 is 0. The van der Waals surface area contributed by atoms with Gasteiger partial charge in [-0.2, -0.15) is 9.78 Å². The van der Waals surface area contributed by atoms with E-state index in [0.29, 0.717) is 5.92 Å². The molecule has 0 amide bonds. The van der Waals surface area contributed by atoms with Crippen LogP contribution in [0, 0.1) is 5.92 Å². The molecule has 2 aliphatic rings. The van der Waals surface area contributed by atoms with E-state index >= 15 is 0 Å². The second-order valence-corrected chi connectivity index (χ2v) is 8.52. The van der Waals surface area contributed by atoms with Crippen LogP contribution < -0.4 is 5.56 Å². The highest BCUT2D eigenvalue weighted by Crippen LogP contribution is 2.48. The van der Waals surface area contributed by atoms with E-state index < -0.39 is 24.1 Å². The highest BCUT2D eigenvalue weighted by Gasteiger charge is 2.40. The Kier molecular flexibility index (Phi) is 7.96. The van der Waals surface area contributed by atoms with Gasteiger partial charge in [-0.3, -0.25) is 4.79 Å². The van der Waals surface area contributed by atoms with Gasteiger partial charge >= 0.3 is 11.9 Å². The number of carboxylic acid groups (broad SMARTS) is 2. The molecule has 1 aliphatic carbocycles. The molecule has 0 spiro atoms. The van der Waals surface area contributed by atoms with Crippen molar-refractivity contribution in [3.8, 4) is 5.69 Å². The topological polar surface area (TPSA) is 153 Å². The Morgan fingerprint density at radius 3 is 2.24 bits per heavy atom. The van der Waals surface area contributed by atoms with Gasteiger partial charge < -0.3 is 25.3 Å². The summed E-state index contributed by atoms with van der Waals surface area (Å²) in [7, 11) is 0. The number of carbonyl (C=O) groups is 2. The van der Waals surface area contributed by atoms with E-state index in [1.54, 1.807) is 12.3 Å². The quantitative estimate of drug-likeness (QED) is 0.468. The number of carboxylic acids is 2. The molecule has 2 fully saturated rings. The Balaban J connectivity index is 0.000000262. The van der Waals surface area contributed by atoms with E-state index in [4.69, 9.17) is 20.4 Å². The molecule has 0 unspecified atom stereocenters. The van der Waals surface area contributed by atoms with Gasteiger partial charge in [0.15, 0.2) is 12.2 Å². The van der Waals surface area contributed by atoms with Crippen molar-refractivity contribution < 1.29 is 30.0 Å². The van der Waals surface area contributed by atoms with Crippen LogP contribution in [0.25, 0.3) is 5.69 Å². The molecule has 10 heteroatoms. The summed E-state index contributed by atoms with van der Waals surface area (Å²) in [4.78, 5) is 34.0. The number of benzene rings is 1. The van der Waals surface area contributed by atoms with Crippen LogP contribution in [0.4, 0.5) is 0 Å². The van der Waals surface area contributed by atoms with Crippen LogP contribution in [0.5, 0.6) is 0 Å². The zero-order valence-corrected chi connectivity index (χ0v) is 18.3. The summed E-state index contributed by atoms with van der Waals surface area (Å²) in [5.74, 6) is -2.04. The van der Waals surface area contributed by atoms with Crippen molar-refractivity contribution in [1.82, 2.24) is 14.7 Å². The maximum Gasteiger partial charge on any atom is 0.335 e. The molecule has 1 aliphatic heterocycles. The lowest BCUT2D eigenvalue weighted by Crippen LogP contribution is -2.39. The van der Waals surface area contributed by atoms with Gasteiger partial charge in [-0.1, -0.05) is 12.1 Å². The molecule has 2 aromatic rings. The zero-order valence-electron chi connectivity index (χ0n) is 18.3. The number of nitrogens with zero attached hydrogens (tertiary/aromatic N) is 3. The minimum Gasteiger partial charge on any atom is -0.479 e. The number of aliphatic hydroxyl groups is 2. The predicted molar refractivity (Wildman–Crippen MR) is 118 cm³/mol. The zero-order chi connectivity index (χ0) is 24.1. The number of aliphatic hydroxyl groups excluding tert-OH is 2. The molecule has 5 atom stereocenters. The fourth-order valence-corrected chi connectivity index (χ4v) is 4.11. The average molecular weight is 459 g/mol. The second-order valence-electron chi connectivity index (χ2n) is 8.52. The third kappa shape index (κ3) is 6.25. The average Bonchev–Trinajstić information content (AvgIpc) is 3.45. The molecule has 1 saturated carbocycles. The van der Waals surface area contributed by atoms with Crippen LogP contribution in [-0.2, 0) is 9.59 Å². The van der Waals surface area contributed by atoms with Gasteiger partial charge in [0.25, 0.3) is 5.56 Å². The van der Waals surface area contributed by atoms with Crippen LogP contribution in [0.15, 0.2) is 47.4 Å². The van der Waals surface area contributed by atoms with Crippen LogP contribution in [0.3, 0.4) is 0 Å². The maximum absolute atomic E-state index is 11.8. The van der Waals surface area contributed by atoms with Crippen molar-refractivity contribution in [3.05, 3.63) is 58.5 Å². The maximum atomic E-state index is 11.8. The van der Waals surface area contributed by atoms with E-state index in [-0.39, 0.29) is 5.56 Å². The number of rotatable bonds is 7. The second kappa shape index (κ2) is 10.7. The van der Waals surface area contributed by atoms with Gasteiger partial charge in [0.1, 0.15) is 0 Å². The van der Waals surface area contributed by atoms with Crippen molar-refractivity contribution in [2.45, 2.75) is 50.4 Å². The van der Waals surface area contributed by atoms with Gasteiger partial charge in [-0.05, 0) is 68.3 Å². The number of likely N-dealkylation sites (tertiary alicyclic amines) is 1. The lowest BCUT2D eigenvalue weighted by atomic mass is 10.1. The minimum atomic E-state index is -2.27. The Labute approximate surface area is 190 Å². The van der Waals surface area contributed by atoms with Crippen molar-refractivity contribution in [3.63, 3.8) is 0 Å². The van der Waals surface area contributed by atoms with E-state index in [1.165, 1.54) is 48.7 Å². The van der Waals surface area contributed by atoms with Crippen molar-refractivity contribution in [1.29, 1.82) is 0 Å². The number of aromatic nitrogens is 2. The molecule has 0 bridgehead atoms. The van der Waals surface area contributed by atoms with Crippen molar-refractivity contribution in [2.75, 3.05) is 13.1 Å². The largest absolute Gasteiger partial charge is 0.479 e. The van der Waals surface area contributed by atoms with E-state index in [1.807, 2.05) is 12.1 Å². The molecular formula is C23H29N3O7. The number of hydrogen-bond donors (Lipinski definition) is 4. The van der Waals surface area contributed by atoms with E-state index in [9.17, 15) is 14.4 Å². The normalized spacial score (nSPS) is 23.8. The SMILES string of the molecule is C[C@H]1CCCN1C[C@H]1C[C@@H]1c1ccc(-n2ncccc2=O)cc1.O=C(O)[C@@H](O)[C@H](O)C(=O)O. The minimum absolute atomic E-state index is 0.0902. The molecule has 178 valence electrons. The van der Waals surface area contributed by atoms with Gasteiger partial charge in [0.05, 0.1) is 5.69 Å². The molecule has 4 N–H and O–H groups in total. The summed E-state index contributed by atoms with van der Waals surface area (Å²) in [5.41, 5.74) is 2.15. The number of hydrogen-bond acceptors (Lipinski definition) is 7. The fourth-order valence-electron chi connectivity index (χ4n) is 4.11. The summed E-state index contributed by atoms with van der Waals surface area (Å²) in [6.07, 6.45) is 1.11. The Bertz CT molecular complexity index is 1010. The highest BCUT2D eigenvalue weighted by atomic mass is 16.4. The molecule has 4 rings (SSSR count). The van der Waals surface area contributed by atoms with Crippen LogP contribution >= 0.6 is 0 Å². The standard InChI is InChI=1S/C19H23N3O.C4H6O6/c1-14-4-3-11-21(14)13-16-12-18(16)15-6-8-17(9-7-15)22-19(23)5-2-10-20-22;5-1(3(7)8)2(6)4(9)10/h2,5-10,14,16,18H,3-4,11-13H2,1H3;1-2,5-6H,(H,7,8)(H,9,10)/t14-,16+,18+;1-,2-/m00/s1.